The predicted octanol–water partition coefficient (Wildman–Crippen LogP) is 3.50. The summed E-state index contributed by atoms with van der Waals surface area (Å²) < 4.78 is 5.64. The van der Waals surface area contributed by atoms with Crippen molar-refractivity contribution in [3.63, 3.8) is 0 Å². The highest BCUT2D eigenvalue weighted by Crippen LogP contribution is 2.32. The van der Waals surface area contributed by atoms with E-state index in [2.05, 4.69) is 6.92 Å². The molecule has 3 nitrogen and oxygen atoms in total. The number of ether oxygens (including phenoxy) is 1. The third kappa shape index (κ3) is 4.05. The second-order valence-corrected chi connectivity index (χ2v) is 6.24. The van der Waals surface area contributed by atoms with Gasteiger partial charge in [-0.15, -0.1) is 0 Å². The first kappa shape index (κ1) is 14.5. The van der Waals surface area contributed by atoms with Crippen LogP contribution in [0.25, 0.3) is 0 Å². The Morgan fingerprint density at radius 3 is 2.21 bits per heavy atom. The first-order valence-electron chi connectivity index (χ1n) is 7.88. The summed E-state index contributed by atoms with van der Waals surface area (Å²) in [4.78, 5) is 22.8. The van der Waals surface area contributed by atoms with Crippen LogP contribution in [-0.4, -0.2) is 18.4 Å². The maximum Gasteiger partial charge on any atom is 0.309 e. The van der Waals surface area contributed by atoms with E-state index in [9.17, 15) is 9.59 Å². The van der Waals surface area contributed by atoms with Gasteiger partial charge in [-0.25, -0.2) is 0 Å². The Labute approximate surface area is 116 Å². The Morgan fingerprint density at radius 1 is 1.05 bits per heavy atom. The van der Waals surface area contributed by atoms with Crippen molar-refractivity contribution in [2.45, 2.75) is 70.8 Å². The normalized spacial score (nSPS) is 35.6. The fraction of sp³-hybridized carbons (Fsp3) is 0.875. The number of esters is 1. The highest BCUT2D eigenvalue weighted by Gasteiger charge is 2.30. The molecule has 0 N–H and O–H groups in total. The number of rotatable bonds is 4. The zero-order valence-corrected chi connectivity index (χ0v) is 12.0. The van der Waals surface area contributed by atoms with Crippen molar-refractivity contribution in [3.05, 3.63) is 0 Å². The predicted molar refractivity (Wildman–Crippen MR) is 73.6 cm³/mol. The van der Waals surface area contributed by atoms with Crippen LogP contribution in [0.4, 0.5) is 0 Å². The van der Waals surface area contributed by atoms with E-state index in [0.29, 0.717) is 0 Å². The molecule has 0 aliphatic heterocycles. The molecule has 108 valence electrons. The summed E-state index contributed by atoms with van der Waals surface area (Å²) in [5.74, 6) is 1.15. The average Bonchev–Trinajstić information content (AvgIpc) is 2.48. The number of carbonyl (C=O) groups is 2. The van der Waals surface area contributed by atoms with E-state index in [1.165, 1.54) is 19.3 Å². The van der Waals surface area contributed by atoms with Crippen molar-refractivity contribution in [2.24, 2.45) is 17.8 Å². The van der Waals surface area contributed by atoms with Crippen molar-refractivity contribution in [3.8, 4) is 0 Å². The van der Waals surface area contributed by atoms with E-state index in [-0.39, 0.29) is 23.9 Å². The van der Waals surface area contributed by atoms with Crippen LogP contribution in [-0.2, 0) is 14.3 Å². The van der Waals surface area contributed by atoms with Gasteiger partial charge in [-0.1, -0.05) is 13.3 Å². The van der Waals surface area contributed by atoms with E-state index in [1.54, 1.807) is 0 Å². The van der Waals surface area contributed by atoms with Crippen LogP contribution in [0.5, 0.6) is 0 Å². The largest absolute Gasteiger partial charge is 0.462 e. The molecule has 0 bridgehead atoms. The van der Waals surface area contributed by atoms with Gasteiger partial charge in [0.2, 0.25) is 0 Å². The minimum atomic E-state index is 0.0177. The van der Waals surface area contributed by atoms with Crippen LogP contribution in [0, 0.1) is 17.8 Å². The van der Waals surface area contributed by atoms with Crippen LogP contribution in [0.1, 0.15) is 64.7 Å². The summed E-state index contributed by atoms with van der Waals surface area (Å²) >= 11 is 0. The summed E-state index contributed by atoms with van der Waals surface area (Å²) in [6, 6.07) is 0. The molecule has 0 aromatic rings. The Balaban J connectivity index is 1.71. The smallest absolute Gasteiger partial charge is 0.309 e. The van der Waals surface area contributed by atoms with E-state index < -0.39 is 0 Å². The van der Waals surface area contributed by atoms with Gasteiger partial charge in [0, 0.05) is 5.92 Å². The van der Waals surface area contributed by atoms with Crippen LogP contribution >= 0.6 is 0 Å². The minimum absolute atomic E-state index is 0.0177. The molecule has 2 aliphatic rings. The summed E-state index contributed by atoms with van der Waals surface area (Å²) in [7, 11) is 0. The summed E-state index contributed by atoms with van der Waals surface area (Å²) in [6.45, 7) is 2.23. The maximum atomic E-state index is 12.1. The van der Waals surface area contributed by atoms with Gasteiger partial charge in [0.1, 0.15) is 12.4 Å². The van der Waals surface area contributed by atoms with Gasteiger partial charge in [0.05, 0.1) is 5.92 Å². The quantitative estimate of drug-likeness (QED) is 0.577. The zero-order valence-electron chi connectivity index (χ0n) is 12.0. The molecule has 0 spiro atoms. The molecule has 0 radical (unpaired) electrons. The van der Waals surface area contributed by atoms with Gasteiger partial charge in [-0.05, 0) is 57.3 Å². The number of hydrogen-bond acceptors (Lipinski definition) is 3. The van der Waals surface area contributed by atoms with Crippen molar-refractivity contribution in [2.75, 3.05) is 0 Å². The number of carbonyl (C=O) groups excluding carboxylic acids is 2. The molecule has 0 saturated heterocycles. The zero-order chi connectivity index (χ0) is 13.7. The van der Waals surface area contributed by atoms with Crippen LogP contribution in [0.15, 0.2) is 0 Å². The molecule has 0 heterocycles. The highest BCUT2D eigenvalue weighted by molar-refractivity contribution is 5.72. The molecule has 0 amide bonds. The van der Waals surface area contributed by atoms with Gasteiger partial charge >= 0.3 is 5.97 Å². The van der Waals surface area contributed by atoms with Crippen molar-refractivity contribution < 1.29 is 14.3 Å². The van der Waals surface area contributed by atoms with E-state index in [0.717, 1.165) is 50.7 Å². The molecule has 0 aromatic heterocycles. The van der Waals surface area contributed by atoms with E-state index >= 15 is 0 Å². The van der Waals surface area contributed by atoms with Gasteiger partial charge in [0.25, 0.3) is 0 Å². The number of aldehydes is 1. The Morgan fingerprint density at radius 2 is 1.68 bits per heavy atom. The third-order valence-electron chi connectivity index (χ3n) is 4.95. The molecule has 2 saturated carbocycles. The highest BCUT2D eigenvalue weighted by atomic mass is 16.5. The fourth-order valence-electron chi connectivity index (χ4n) is 3.41. The lowest BCUT2D eigenvalue weighted by molar-refractivity contribution is -0.157. The van der Waals surface area contributed by atoms with Crippen molar-refractivity contribution in [1.29, 1.82) is 0 Å². The second-order valence-electron chi connectivity index (χ2n) is 6.24. The van der Waals surface area contributed by atoms with Crippen LogP contribution < -0.4 is 0 Å². The number of hydrogen-bond donors (Lipinski definition) is 0. The monoisotopic (exact) mass is 266 g/mol. The standard InChI is InChI=1S/C16H26O3/c1-2-12-3-7-14(8-4-12)16(18)19-15-9-5-13(11-17)6-10-15/h11-15H,2-10H2,1H3/t12-,13-,14-,15-. The molecule has 2 fully saturated rings. The fourth-order valence-corrected chi connectivity index (χ4v) is 3.41. The van der Waals surface area contributed by atoms with Crippen LogP contribution in [0.2, 0.25) is 0 Å². The molecule has 0 aromatic carbocycles. The van der Waals surface area contributed by atoms with Gasteiger partial charge in [-0.2, -0.15) is 0 Å². The first-order valence-corrected chi connectivity index (χ1v) is 7.88. The summed E-state index contributed by atoms with van der Waals surface area (Å²) in [6.07, 6.45) is 10.2. The Kier molecular flexibility index (Phi) is 5.41. The average molecular weight is 266 g/mol. The molecule has 0 unspecified atom stereocenters. The molecular weight excluding hydrogens is 240 g/mol. The van der Waals surface area contributed by atoms with Crippen molar-refractivity contribution >= 4 is 12.3 Å². The van der Waals surface area contributed by atoms with Crippen LogP contribution in [0.3, 0.4) is 0 Å². The summed E-state index contributed by atoms with van der Waals surface area (Å²) in [5, 5.41) is 0. The lowest BCUT2D eigenvalue weighted by Gasteiger charge is -2.30. The lowest BCUT2D eigenvalue weighted by atomic mass is 9.81. The SMILES string of the molecule is CC[C@H]1CC[C@H](C(=O)O[C@H]2CC[C@H](C=O)CC2)CC1. The third-order valence-corrected chi connectivity index (χ3v) is 4.95. The maximum absolute atomic E-state index is 12.1. The molecule has 2 rings (SSSR count). The minimum Gasteiger partial charge on any atom is -0.462 e. The molecule has 19 heavy (non-hydrogen) atoms. The molecule has 2 aliphatic carbocycles. The lowest BCUT2D eigenvalue weighted by Crippen LogP contribution is -2.30. The molecular formula is C16H26O3. The Hall–Kier alpha value is -0.860. The van der Waals surface area contributed by atoms with Crippen molar-refractivity contribution in [1.82, 2.24) is 0 Å². The summed E-state index contributed by atoms with van der Waals surface area (Å²) in [5.41, 5.74) is 0. The van der Waals surface area contributed by atoms with E-state index in [1.807, 2.05) is 0 Å². The molecule has 0 atom stereocenters. The van der Waals surface area contributed by atoms with Gasteiger partial charge in [0.15, 0.2) is 0 Å². The van der Waals surface area contributed by atoms with Gasteiger partial charge < -0.3 is 9.53 Å². The Bertz CT molecular complexity index is 297. The molecule has 3 heteroatoms. The van der Waals surface area contributed by atoms with E-state index in [4.69, 9.17) is 4.74 Å². The van der Waals surface area contributed by atoms with Gasteiger partial charge in [-0.3, -0.25) is 4.79 Å². The second kappa shape index (κ2) is 7.06. The topological polar surface area (TPSA) is 43.4 Å². The first-order chi connectivity index (χ1) is 9.22.